The number of nitrogens with zero attached hydrogens (tertiary/aromatic N) is 3. The topological polar surface area (TPSA) is 104 Å². The van der Waals surface area contributed by atoms with E-state index in [4.69, 9.17) is 10.3 Å². The number of hydrogen-bond acceptors (Lipinski definition) is 4. The van der Waals surface area contributed by atoms with Crippen LogP contribution in [-0.4, -0.2) is 18.4 Å². The van der Waals surface area contributed by atoms with Gasteiger partial charge in [0.1, 0.15) is 5.75 Å². The summed E-state index contributed by atoms with van der Waals surface area (Å²) in [5.41, 5.74) is 9.63. The molecule has 0 spiro atoms. The summed E-state index contributed by atoms with van der Waals surface area (Å²) in [6.45, 7) is 0.494. The first kappa shape index (κ1) is 20.1. The predicted octanol–water partition coefficient (Wildman–Crippen LogP) is 5.46. The molecule has 1 heterocycles. The molecular formula is C21H18N4O3S. The number of benzene rings is 2. The van der Waals surface area contributed by atoms with Crippen LogP contribution in [0.3, 0.4) is 0 Å². The first-order chi connectivity index (χ1) is 14.2. The molecule has 0 unspecified atom stereocenters. The van der Waals surface area contributed by atoms with Crippen molar-refractivity contribution < 1.29 is 14.3 Å². The summed E-state index contributed by atoms with van der Waals surface area (Å²) in [6, 6.07) is 18.2. The number of rotatable bonds is 8. The summed E-state index contributed by atoms with van der Waals surface area (Å²) in [5, 5.41) is 7.56. The molecule has 7 nitrogen and oxygen atoms in total. The van der Waals surface area contributed by atoms with Crippen molar-refractivity contribution in [3.8, 4) is 5.75 Å². The van der Waals surface area contributed by atoms with Crippen LogP contribution in [0.5, 0.6) is 5.75 Å². The maximum Gasteiger partial charge on any atom is 0.255 e. The molecule has 0 atom stereocenters. The van der Waals surface area contributed by atoms with Crippen LogP contribution in [0.2, 0.25) is 0 Å². The number of hydrogen-bond donors (Lipinski definition) is 1. The first-order valence-electron chi connectivity index (χ1n) is 8.93. The monoisotopic (exact) mass is 406 g/mol. The van der Waals surface area contributed by atoms with Gasteiger partial charge in [-0.25, -0.2) is 0 Å². The molecule has 0 aliphatic rings. The molecule has 2 aromatic carbocycles. The molecule has 0 aliphatic heterocycles. The average Bonchev–Trinajstić information content (AvgIpc) is 3.15. The SMILES string of the molecule is [N-]=[N+]=NC(=O)c1csc(CCCOc2ccccc2)c1NC(=O)c1ccccc1. The molecule has 8 heteroatoms. The van der Waals surface area contributed by atoms with Crippen LogP contribution in [0.25, 0.3) is 10.4 Å². The second kappa shape index (κ2) is 10.1. The smallest absolute Gasteiger partial charge is 0.255 e. The van der Waals surface area contributed by atoms with E-state index in [0.717, 1.165) is 10.6 Å². The van der Waals surface area contributed by atoms with Gasteiger partial charge < -0.3 is 10.1 Å². The third kappa shape index (κ3) is 5.44. The van der Waals surface area contributed by atoms with E-state index < -0.39 is 5.91 Å². The van der Waals surface area contributed by atoms with Gasteiger partial charge in [-0.3, -0.25) is 9.59 Å². The van der Waals surface area contributed by atoms with Crippen LogP contribution in [0, 0.1) is 0 Å². The van der Waals surface area contributed by atoms with Gasteiger partial charge in [0.15, 0.2) is 0 Å². The molecule has 3 rings (SSSR count). The summed E-state index contributed by atoms with van der Waals surface area (Å²) in [5.74, 6) is -0.268. The predicted molar refractivity (Wildman–Crippen MR) is 112 cm³/mol. The lowest BCUT2D eigenvalue weighted by Crippen LogP contribution is -2.14. The highest BCUT2D eigenvalue weighted by Gasteiger charge is 2.19. The third-order valence-corrected chi connectivity index (χ3v) is 5.11. The summed E-state index contributed by atoms with van der Waals surface area (Å²) in [7, 11) is 0. The number of aryl methyl sites for hydroxylation is 1. The van der Waals surface area contributed by atoms with Crippen LogP contribution in [0.1, 0.15) is 32.0 Å². The third-order valence-electron chi connectivity index (χ3n) is 4.07. The van der Waals surface area contributed by atoms with Crippen molar-refractivity contribution >= 4 is 28.8 Å². The average molecular weight is 406 g/mol. The van der Waals surface area contributed by atoms with E-state index in [1.807, 2.05) is 36.4 Å². The minimum absolute atomic E-state index is 0.191. The van der Waals surface area contributed by atoms with Crippen LogP contribution >= 0.6 is 11.3 Å². The molecule has 0 radical (unpaired) electrons. The number of thiophene rings is 1. The number of amides is 2. The number of carbonyl (C=O) groups excluding carboxylic acids is 2. The molecule has 1 aromatic heterocycles. The second-order valence-corrected chi connectivity index (χ2v) is 6.99. The van der Waals surface area contributed by atoms with Gasteiger partial charge in [0.25, 0.3) is 11.8 Å². The molecule has 3 aromatic rings. The van der Waals surface area contributed by atoms with E-state index >= 15 is 0 Å². The van der Waals surface area contributed by atoms with Gasteiger partial charge in [0.2, 0.25) is 0 Å². The first-order valence-corrected chi connectivity index (χ1v) is 9.81. The lowest BCUT2D eigenvalue weighted by molar-refractivity contribution is 0.100. The Balaban J connectivity index is 1.73. The Hall–Kier alpha value is -3.61. The van der Waals surface area contributed by atoms with Crippen molar-refractivity contribution in [2.45, 2.75) is 12.8 Å². The Morgan fingerprint density at radius 3 is 2.45 bits per heavy atom. The van der Waals surface area contributed by atoms with E-state index in [-0.39, 0.29) is 11.5 Å². The van der Waals surface area contributed by atoms with E-state index in [1.54, 1.807) is 29.6 Å². The Bertz CT molecular complexity index is 1030. The highest BCUT2D eigenvalue weighted by Crippen LogP contribution is 2.31. The van der Waals surface area contributed by atoms with Crippen molar-refractivity contribution in [2.24, 2.45) is 5.11 Å². The standard InChI is InChI=1S/C21H18N4O3S/c22-25-24-21(27)17-14-29-18(12-7-13-28-16-10-5-2-6-11-16)19(17)23-20(26)15-8-3-1-4-9-15/h1-6,8-11,14H,7,12-13H2,(H,23,26). The van der Waals surface area contributed by atoms with Crippen molar-refractivity contribution in [3.63, 3.8) is 0 Å². The fourth-order valence-corrected chi connectivity index (χ4v) is 3.71. The summed E-state index contributed by atoms with van der Waals surface area (Å²) >= 11 is 1.34. The molecule has 0 saturated heterocycles. The van der Waals surface area contributed by atoms with Gasteiger partial charge in [-0.15, -0.1) is 11.3 Å². The van der Waals surface area contributed by atoms with Gasteiger partial charge >= 0.3 is 0 Å². The Labute approximate surface area is 171 Å². The van der Waals surface area contributed by atoms with E-state index in [1.165, 1.54) is 11.3 Å². The fourth-order valence-electron chi connectivity index (χ4n) is 2.69. The second-order valence-electron chi connectivity index (χ2n) is 6.03. The molecular weight excluding hydrogens is 388 g/mol. The lowest BCUT2D eigenvalue weighted by atomic mass is 10.1. The number of nitrogens with one attached hydrogen (secondary N) is 1. The zero-order chi connectivity index (χ0) is 20.5. The molecule has 146 valence electrons. The lowest BCUT2D eigenvalue weighted by Gasteiger charge is -2.10. The normalized spacial score (nSPS) is 10.1. The fraction of sp³-hybridized carbons (Fsp3) is 0.143. The Kier molecular flexibility index (Phi) is 7.00. The number of anilines is 1. The maximum atomic E-state index is 12.6. The molecule has 0 bridgehead atoms. The van der Waals surface area contributed by atoms with Gasteiger partial charge in [-0.05, 0) is 47.8 Å². The molecule has 1 N–H and O–H groups in total. The number of carbonyl (C=O) groups is 2. The Morgan fingerprint density at radius 2 is 1.76 bits per heavy atom. The maximum absolute atomic E-state index is 12.6. The zero-order valence-corrected chi connectivity index (χ0v) is 16.3. The van der Waals surface area contributed by atoms with Gasteiger partial charge in [0, 0.05) is 20.7 Å². The van der Waals surface area contributed by atoms with Gasteiger partial charge in [-0.2, -0.15) is 0 Å². The van der Waals surface area contributed by atoms with Gasteiger partial charge in [0.05, 0.1) is 17.9 Å². The van der Waals surface area contributed by atoms with Crippen LogP contribution in [-0.2, 0) is 6.42 Å². The molecule has 29 heavy (non-hydrogen) atoms. The molecule has 2 amide bonds. The number of azide groups is 1. The van der Waals surface area contributed by atoms with E-state index in [9.17, 15) is 9.59 Å². The highest BCUT2D eigenvalue weighted by molar-refractivity contribution is 7.11. The number of ether oxygens (including phenoxy) is 1. The van der Waals surface area contributed by atoms with Gasteiger partial charge in [-0.1, -0.05) is 36.4 Å². The summed E-state index contributed by atoms with van der Waals surface area (Å²) in [4.78, 5) is 28.1. The quantitative estimate of drug-likeness (QED) is 0.232. The number of para-hydroxylation sites is 1. The highest BCUT2D eigenvalue weighted by atomic mass is 32.1. The van der Waals surface area contributed by atoms with E-state index in [2.05, 4.69) is 15.3 Å². The van der Waals surface area contributed by atoms with Crippen molar-refractivity contribution in [1.82, 2.24) is 0 Å². The molecule has 0 saturated carbocycles. The largest absolute Gasteiger partial charge is 0.494 e. The zero-order valence-electron chi connectivity index (χ0n) is 15.4. The minimum Gasteiger partial charge on any atom is -0.494 e. The van der Waals surface area contributed by atoms with Crippen molar-refractivity contribution in [3.05, 3.63) is 92.5 Å². The van der Waals surface area contributed by atoms with Crippen LogP contribution in [0.15, 0.2) is 71.2 Å². The van der Waals surface area contributed by atoms with Crippen molar-refractivity contribution in [1.29, 1.82) is 0 Å². The minimum atomic E-state index is -0.723. The summed E-state index contributed by atoms with van der Waals surface area (Å²) < 4.78 is 5.69. The molecule has 0 fully saturated rings. The molecule has 0 aliphatic carbocycles. The van der Waals surface area contributed by atoms with E-state index in [0.29, 0.717) is 30.7 Å². The van der Waals surface area contributed by atoms with Crippen molar-refractivity contribution in [2.75, 3.05) is 11.9 Å². The Morgan fingerprint density at radius 1 is 1.07 bits per heavy atom. The summed E-state index contributed by atoms with van der Waals surface area (Å²) in [6.07, 6.45) is 1.30. The van der Waals surface area contributed by atoms with Crippen LogP contribution in [0.4, 0.5) is 5.69 Å². The van der Waals surface area contributed by atoms with Crippen LogP contribution < -0.4 is 10.1 Å².